The van der Waals surface area contributed by atoms with Gasteiger partial charge < -0.3 is 5.32 Å². The van der Waals surface area contributed by atoms with E-state index in [9.17, 15) is 13.2 Å². The van der Waals surface area contributed by atoms with E-state index in [1.165, 1.54) is 36.0 Å². The van der Waals surface area contributed by atoms with Crippen molar-refractivity contribution in [2.24, 2.45) is 0 Å². The first-order valence-electron chi connectivity index (χ1n) is 10.2. The van der Waals surface area contributed by atoms with Crippen LogP contribution < -0.4 is 10.0 Å². The molecule has 174 valence electrons. The molecule has 9 heteroatoms. The summed E-state index contributed by atoms with van der Waals surface area (Å²) >= 11 is 13.7. The summed E-state index contributed by atoms with van der Waals surface area (Å²) in [6, 6.07) is 23.0. The smallest absolute Gasteiger partial charge is 0.261 e. The molecule has 0 heterocycles. The van der Waals surface area contributed by atoms with E-state index in [0.29, 0.717) is 10.7 Å². The number of carbonyl (C=O) groups is 1. The molecule has 4 rings (SSSR count). The third-order valence-corrected chi connectivity index (χ3v) is 8.15. The molecule has 0 aliphatic rings. The second-order valence-corrected chi connectivity index (χ2v) is 11.1. The molecule has 0 saturated heterocycles. The van der Waals surface area contributed by atoms with Gasteiger partial charge in [0.2, 0.25) is 5.91 Å². The van der Waals surface area contributed by atoms with Crippen LogP contribution in [0, 0.1) is 6.92 Å². The Morgan fingerprint density at radius 3 is 2.41 bits per heavy atom. The van der Waals surface area contributed by atoms with Crippen LogP contribution in [0.4, 0.5) is 11.4 Å². The third-order valence-electron chi connectivity index (χ3n) is 5.04. The summed E-state index contributed by atoms with van der Waals surface area (Å²) < 4.78 is 28.2. The van der Waals surface area contributed by atoms with E-state index in [-0.39, 0.29) is 27.3 Å². The van der Waals surface area contributed by atoms with Gasteiger partial charge in [-0.15, -0.1) is 11.8 Å². The van der Waals surface area contributed by atoms with Crippen molar-refractivity contribution in [3.05, 3.63) is 94.5 Å². The van der Waals surface area contributed by atoms with Gasteiger partial charge in [0.1, 0.15) is 0 Å². The van der Waals surface area contributed by atoms with Gasteiger partial charge >= 0.3 is 0 Å². The highest BCUT2D eigenvalue weighted by Gasteiger charge is 2.18. The summed E-state index contributed by atoms with van der Waals surface area (Å²) in [6.45, 7) is 1.83. The van der Waals surface area contributed by atoms with E-state index >= 15 is 0 Å². The topological polar surface area (TPSA) is 75.3 Å². The Hall–Kier alpha value is -2.71. The van der Waals surface area contributed by atoms with E-state index in [0.717, 1.165) is 21.2 Å². The minimum Gasteiger partial charge on any atom is -0.324 e. The predicted octanol–water partition coefficient (Wildman–Crippen LogP) is 6.99. The fourth-order valence-corrected chi connectivity index (χ4v) is 5.40. The summed E-state index contributed by atoms with van der Waals surface area (Å²) in [5.74, 6) is -0.154. The number of nitrogens with one attached hydrogen (secondary N) is 2. The maximum Gasteiger partial charge on any atom is 0.261 e. The maximum absolute atomic E-state index is 12.9. The number of hydrogen-bond donors (Lipinski definition) is 2. The van der Waals surface area contributed by atoms with E-state index in [1.54, 1.807) is 12.1 Å². The van der Waals surface area contributed by atoms with Gasteiger partial charge in [0.05, 0.1) is 27.0 Å². The lowest BCUT2D eigenvalue weighted by Crippen LogP contribution is -2.16. The standard InChI is InChI=1S/C25H20Cl2N2O3S2/c1-16-6-8-19(13-23(16)27)29-34(31,32)21-10-11-22(26)24(14-21)28-25(30)15-33-20-9-7-17-4-2-3-5-18(17)12-20/h2-14,29H,15H2,1H3,(H,28,30). The summed E-state index contributed by atoms with van der Waals surface area (Å²) in [7, 11) is -3.92. The minimum atomic E-state index is -3.92. The molecule has 5 nitrogen and oxygen atoms in total. The Morgan fingerprint density at radius 2 is 1.65 bits per heavy atom. The number of halogens is 2. The molecule has 2 N–H and O–H groups in total. The molecular formula is C25H20Cl2N2O3S2. The van der Waals surface area contributed by atoms with Crippen LogP contribution in [0.15, 0.2) is 88.7 Å². The third kappa shape index (κ3) is 5.85. The van der Waals surface area contributed by atoms with Crippen molar-refractivity contribution < 1.29 is 13.2 Å². The lowest BCUT2D eigenvalue weighted by Gasteiger charge is -2.12. The maximum atomic E-state index is 12.9. The molecule has 0 atom stereocenters. The van der Waals surface area contributed by atoms with Crippen molar-refractivity contribution in [1.82, 2.24) is 0 Å². The van der Waals surface area contributed by atoms with Crippen molar-refractivity contribution in [2.75, 3.05) is 15.8 Å². The molecule has 0 spiro atoms. The van der Waals surface area contributed by atoms with E-state index in [4.69, 9.17) is 23.2 Å². The van der Waals surface area contributed by atoms with Gasteiger partial charge in [-0.2, -0.15) is 0 Å². The second-order valence-electron chi connectivity index (χ2n) is 7.56. The monoisotopic (exact) mass is 530 g/mol. The first-order chi connectivity index (χ1) is 16.2. The van der Waals surface area contributed by atoms with Crippen LogP contribution in [0.3, 0.4) is 0 Å². The molecule has 0 aromatic heterocycles. The molecule has 0 aliphatic carbocycles. The van der Waals surface area contributed by atoms with Gasteiger partial charge in [0.15, 0.2) is 0 Å². The van der Waals surface area contributed by atoms with E-state index in [1.807, 2.05) is 49.4 Å². The van der Waals surface area contributed by atoms with Crippen molar-refractivity contribution in [3.8, 4) is 0 Å². The largest absolute Gasteiger partial charge is 0.324 e. The number of benzene rings is 4. The van der Waals surface area contributed by atoms with Gasteiger partial charge in [-0.1, -0.05) is 59.6 Å². The Labute approximate surface area is 212 Å². The van der Waals surface area contributed by atoms with E-state index < -0.39 is 10.0 Å². The van der Waals surface area contributed by atoms with E-state index in [2.05, 4.69) is 10.0 Å². The fraction of sp³-hybridized carbons (Fsp3) is 0.0800. The van der Waals surface area contributed by atoms with Crippen LogP contribution >= 0.6 is 35.0 Å². The van der Waals surface area contributed by atoms with Gasteiger partial charge in [0.25, 0.3) is 10.0 Å². The van der Waals surface area contributed by atoms with Crippen LogP contribution in [0.2, 0.25) is 10.0 Å². The summed E-state index contributed by atoms with van der Waals surface area (Å²) in [4.78, 5) is 13.5. The molecule has 0 fully saturated rings. The van der Waals surface area contributed by atoms with Crippen LogP contribution in [-0.2, 0) is 14.8 Å². The number of carbonyl (C=O) groups excluding carboxylic acids is 1. The highest BCUT2D eigenvalue weighted by molar-refractivity contribution is 8.00. The molecule has 0 aliphatic heterocycles. The Morgan fingerprint density at radius 1 is 0.882 bits per heavy atom. The normalized spacial score (nSPS) is 11.4. The van der Waals surface area contributed by atoms with Crippen molar-refractivity contribution in [2.45, 2.75) is 16.7 Å². The summed E-state index contributed by atoms with van der Waals surface area (Å²) in [5.41, 5.74) is 1.39. The molecule has 1 amide bonds. The number of hydrogen-bond acceptors (Lipinski definition) is 4. The molecule has 4 aromatic carbocycles. The highest BCUT2D eigenvalue weighted by Crippen LogP contribution is 2.29. The first kappa shape index (κ1) is 24.4. The Bertz CT molecular complexity index is 1490. The zero-order chi connectivity index (χ0) is 24.3. The van der Waals surface area contributed by atoms with Gasteiger partial charge in [0, 0.05) is 9.92 Å². The van der Waals surface area contributed by atoms with Gasteiger partial charge in [-0.05, 0) is 65.7 Å². The number of sulfonamides is 1. The van der Waals surface area contributed by atoms with Crippen LogP contribution in [0.5, 0.6) is 0 Å². The molecule has 0 bridgehead atoms. The molecule has 0 saturated carbocycles. The zero-order valence-electron chi connectivity index (χ0n) is 18.0. The molecular weight excluding hydrogens is 511 g/mol. The van der Waals surface area contributed by atoms with Crippen molar-refractivity contribution in [1.29, 1.82) is 0 Å². The SMILES string of the molecule is Cc1ccc(NS(=O)(=O)c2ccc(Cl)c(NC(=O)CSc3ccc4ccccc4c3)c2)cc1Cl. The Kier molecular flexibility index (Phi) is 7.38. The molecule has 0 radical (unpaired) electrons. The number of thioether (sulfide) groups is 1. The average Bonchev–Trinajstić information content (AvgIpc) is 2.81. The van der Waals surface area contributed by atoms with Crippen LogP contribution in [0.1, 0.15) is 5.56 Å². The predicted molar refractivity (Wildman–Crippen MR) is 142 cm³/mol. The lowest BCUT2D eigenvalue weighted by molar-refractivity contribution is -0.113. The average molecular weight is 531 g/mol. The van der Waals surface area contributed by atoms with Gasteiger partial charge in [-0.3, -0.25) is 9.52 Å². The molecule has 0 unspecified atom stereocenters. The van der Waals surface area contributed by atoms with Crippen LogP contribution in [0.25, 0.3) is 10.8 Å². The second kappa shape index (κ2) is 10.3. The number of fused-ring (bicyclic) bond motifs is 1. The fourth-order valence-electron chi connectivity index (χ4n) is 3.23. The summed E-state index contributed by atoms with van der Waals surface area (Å²) in [5, 5.41) is 5.62. The first-order valence-corrected chi connectivity index (χ1v) is 13.4. The van der Waals surface area contributed by atoms with Gasteiger partial charge in [-0.25, -0.2) is 8.42 Å². The zero-order valence-corrected chi connectivity index (χ0v) is 21.2. The van der Waals surface area contributed by atoms with Crippen molar-refractivity contribution >= 4 is 73.0 Å². The molecule has 4 aromatic rings. The number of rotatable bonds is 7. The number of amides is 1. The number of anilines is 2. The minimum absolute atomic E-state index is 0.0360. The van der Waals surface area contributed by atoms with Crippen LogP contribution in [-0.4, -0.2) is 20.1 Å². The number of aryl methyl sites for hydroxylation is 1. The Balaban J connectivity index is 1.45. The summed E-state index contributed by atoms with van der Waals surface area (Å²) in [6.07, 6.45) is 0. The van der Waals surface area contributed by atoms with Crippen molar-refractivity contribution in [3.63, 3.8) is 0 Å². The highest BCUT2D eigenvalue weighted by atomic mass is 35.5. The lowest BCUT2D eigenvalue weighted by atomic mass is 10.1. The molecule has 34 heavy (non-hydrogen) atoms. The quantitative estimate of drug-likeness (QED) is 0.252.